The number of piperidine rings is 1. The molecule has 3 nitrogen and oxygen atoms in total. The Balaban J connectivity index is 1.66. The summed E-state index contributed by atoms with van der Waals surface area (Å²) in [5.74, 6) is 1.43. The summed E-state index contributed by atoms with van der Waals surface area (Å²) in [6.07, 6.45) is 2.48. The van der Waals surface area contributed by atoms with Crippen LogP contribution in [0.3, 0.4) is 0 Å². The first-order valence-electron chi connectivity index (χ1n) is 7.05. The van der Waals surface area contributed by atoms with Crippen molar-refractivity contribution >= 4 is 22.3 Å². The number of thiazole rings is 1. The molecule has 1 N–H and O–H groups in total. The van der Waals surface area contributed by atoms with Crippen LogP contribution >= 0.6 is 11.3 Å². The van der Waals surface area contributed by atoms with E-state index in [0.717, 1.165) is 35.5 Å². The topological polar surface area (TPSA) is 38.1 Å². The molecule has 102 valence electrons. The third-order valence-electron chi connectivity index (χ3n) is 3.85. The Morgan fingerprint density at radius 3 is 3.10 bits per heavy atom. The van der Waals surface area contributed by atoms with E-state index in [0.29, 0.717) is 5.92 Å². The van der Waals surface area contributed by atoms with Gasteiger partial charge in [0.25, 0.3) is 0 Å². The number of aromatic nitrogens is 1. The highest BCUT2D eigenvalue weighted by atomic mass is 32.1. The van der Waals surface area contributed by atoms with Gasteiger partial charge in [0.2, 0.25) is 0 Å². The predicted octanol–water partition coefficient (Wildman–Crippen LogP) is 4.02. The van der Waals surface area contributed by atoms with Crippen molar-refractivity contribution in [2.75, 3.05) is 13.1 Å². The van der Waals surface area contributed by atoms with Crippen LogP contribution in [0.5, 0.6) is 0 Å². The van der Waals surface area contributed by atoms with Gasteiger partial charge in [-0.2, -0.15) is 0 Å². The van der Waals surface area contributed by atoms with Crippen LogP contribution < -0.4 is 5.32 Å². The lowest BCUT2D eigenvalue weighted by molar-refractivity contribution is 0.460. The monoisotopic (exact) mass is 284 g/mol. The van der Waals surface area contributed by atoms with Gasteiger partial charge in [-0.05, 0) is 31.5 Å². The molecule has 0 bridgehead atoms. The Morgan fingerprint density at radius 2 is 2.25 bits per heavy atom. The zero-order chi connectivity index (χ0) is 13.4. The third-order valence-corrected chi connectivity index (χ3v) is 4.85. The van der Waals surface area contributed by atoms with Crippen molar-refractivity contribution in [3.05, 3.63) is 40.7 Å². The minimum Gasteiger partial charge on any atom is -0.454 e. The van der Waals surface area contributed by atoms with Gasteiger partial charge >= 0.3 is 0 Å². The summed E-state index contributed by atoms with van der Waals surface area (Å²) >= 11 is 1.75. The lowest BCUT2D eigenvalue weighted by Crippen LogP contribution is -2.28. The molecule has 4 rings (SSSR count). The standard InChI is InChI=1S/C16H16N2OS/c1-2-6-14-11(4-1)8-15(19-14)13-10-20-16(18-13)12-5-3-7-17-9-12/h1-2,4,6,8,10,12,17H,3,5,7,9H2. The van der Waals surface area contributed by atoms with E-state index in [1.165, 1.54) is 17.8 Å². The molecule has 0 spiro atoms. The molecular weight excluding hydrogens is 268 g/mol. The first-order valence-corrected chi connectivity index (χ1v) is 7.93. The molecule has 4 heteroatoms. The summed E-state index contributed by atoms with van der Waals surface area (Å²) in [7, 11) is 0. The van der Waals surface area contributed by atoms with E-state index in [9.17, 15) is 0 Å². The molecule has 1 aliphatic heterocycles. The van der Waals surface area contributed by atoms with E-state index in [1.54, 1.807) is 11.3 Å². The summed E-state index contributed by atoms with van der Waals surface area (Å²) in [6, 6.07) is 10.2. The summed E-state index contributed by atoms with van der Waals surface area (Å²) in [6.45, 7) is 2.19. The maximum atomic E-state index is 5.88. The van der Waals surface area contributed by atoms with Crippen LogP contribution in [-0.2, 0) is 0 Å². The molecule has 1 aliphatic rings. The average molecular weight is 284 g/mol. The van der Waals surface area contributed by atoms with Gasteiger partial charge in [-0.1, -0.05) is 18.2 Å². The second-order valence-electron chi connectivity index (χ2n) is 5.26. The molecule has 1 aromatic carbocycles. The molecule has 0 radical (unpaired) electrons. The van der Waals surface area contributed by atoms with Crippen molar-refractivity contribution in [1.82, 2.24) is 10.3 Å². The molecule has 3 aromatic rings. The van der Waals surface area contributed by atoms with Crippen LogP contribution in [0.1, 0.15) is 23.8 Å². The van der Waals surface area contributed by atoms with E-state index in [4.69, 9.17) is 9.40 Å². The summed E-state index contributed by atoms with van der Waals surface area (Å²) in [5.41, 5.74) is 1.89. The summed E-state index contributed by atoms with van der Waals surface area (Å²) < 4.78 is 5.88. The first-order chi connectivity index (χ1) is 9.90. The Morgan fingerprint density at radius 1 is 1.30 bits per heavy atom. The SMILES string of the molecule is c1ccc2oc(-c3csc(C4CCCNC4)n3)cc2c1. The normalized spacial score (nSPS) is 19.5. The zero-order valence-electron chi connectivity index (χ0n) is 11.1. The lowest BCUT2D eigenvalue weighted by Gasteiger charge is -2.20. The molecule has 1 saturated heterocycles. The van der Waals surface area contributed by atoms with E-state index < -0.39 is 0 Å². The van der Waals surface area contributed by atoms with Crippen molar-refractivity contribution in [1.29, 1.82) is 0 Å². The highest BCUT2D eigenvalue weighted by Gasteiger charge is 2.19. The Hall–Kier alpha value is -1.65. The predicted molar refractivity (Wildman–Crippen MR) is 82.2 cm³/mol. The van der Waals surface area contributed by atoms with E-state index in [2.05, 4.69) is 22.8 Å². The molecule has 0 amide bonds. The second kappa shape index (κ2) is 5.04. The van der Waals surface area contributed by atoms with E-state index >= 15 is 0 Å². The number of nitrogens with one attached hydrogen (secondary N) is 1. The molecule has 3 heterocycles. The number of hydrogen-bond donors (Lipinski definition) is 1. The van der Waals surface area contributed by atoms with Crippen LogP contribution in [0, 0.1) is 0 Å². The van der Waals surface area contributed by atoms with Gasteiger partial charge in [0.15, 0.2) is 5.76 Å². The Labute approximate surface area is 121 Å². The largest absolute Gasteiger partial charge is 0.454 e. The number of fused-ring (bicyclic) bond motifs is 1. The van der Waals surface area contributed by atoms with Crippen LogP contribution in [-0.4, -0.2) is 18.1 Å². The van der Waals surface area contributed by atoms with Crippen LogP contribution in [0.15, 0.2) is 40.1 Å². The zero-order valence-corrected chi connectivity index (χ0v) is 12.0. The van der Waals surface area contributed by atoms with Crippen LogP contribution in [0.4, 0.5) is 0 Å². The maximum absolute atomic E-state index is 5.88. The number of rotatable bonds is 2. The molecular formula is C16H16N2OS. The van der Waals surface area contributed by atoms with Crippen LogP contribution in [0.25, 0.3) is 22.4 Å². The van der Waals surface area contributed by atoms with Crippen molar-refractivity contribution in [2.24, 2.45) is 0 Å². The number of hydrogen-bond acceptors (Lipinski definition) is 4. The Bertz CT molecular complexity index is 692. The minimum absolute atomic E-state index is 0.562. The van der Waals surface area contributed by atoms with Gasteiger partial charge in [0.1, 0.15) is 11.3 Å². The minimum atomic E-state index is 0.562. The van der Waals surface area contributed by atoms with Crippen molar-refractivity contribution in [3.63, 3.8) is 0 Å². The van der Waals surface area contributed by atoms with Gasteiger partial charge in [-0.25, -0.2) is 4.98 Å². The molecule has 1 atom stereocenters. The number of para-hydroxylation sites is 1. The molecule has 20 heavy (non-hydrogen) atoms. The Kier molecular flexibility index (Phi) is 3.05. The van der Waals surface area contributed by atoms with Crippen molar-refractivity contribution in [3.8, 4) is 11.5 Å². The first kappa shape index (κ1) is 12.1. The second-order valence-corrected chi connectivity index (χ2v) is 6.15. The third kappa shape index (κ3) is 2.15. The number of furan rings is 1. The maximum Gasteiger partial charge on any atom is 0.154 e. The van der Waals surface area contributed by atoms with Gasteiger partial charge in [0, 0.05) is 23.2 Å². The fourth-order valence-corrected chi connectivity index (χ4v) is 3.70. The highest BCUT2D eigenvalue weighted by molar-refractivity contribution is 7.10. The number of benzene rings is 1. The fourth-order valence-electron chi connectivity index (χ4n) is 2.76. The number of nitrogens with zero attached hydrogens (tertiary/aromatic N) is 1. The molecule has 0 aliphatic carbocycles. The molecule has 0 saturated carbocycles. The lowest BCUT2D eigenvalue weighted by atomic mass is 10.0. The molecule has 1 fully saturated rings. The van der Waals surface area contributed by atoms with Gasteiger partial charge in [-0.3, -0.25) is 0 Å². The summed E-state index contributed by atoms with van der Waals surface area (Å²) in [5, 5.41) is 7.92. The van der Waals surface area contributed by atoms with Crippen molar-refractivity contribution < 1.29 is 4.42 Å². The van der Waals surface area contributed by atoms with Gasteiger partial charge in [0.05, 0.1) is 5.01 Å². The summed E-state index contributed by atoms with van der Waals surface area (Å²) in [4.78, 5) is 4.78. The molecule has 2 aromatic heterocycles. The van der Waals surface area contributed by atoms with Crippen LogP contribution in [0.2, 0.25) is 0 Å². The smallest absolute Gasteiger partial charge is 0.154 e. The quantitative estimate of drug-likeness (QED) is 0.772. The molecule has 1 unspecified atom stereocenters. The van der Waals surface area contributed by atoms with Gasteiger partial charge in [-0.15, -0.1) is 11.3 Å². The van der Waals surface area contributed by atoms with Crippen molar-refractivity contribution in [2.45, 2.75) is 18.8 Å². The fraction of sp³-hybridized carbons (Fsp3) is 0.312. The average Bonchev–Trinajstić information content (AvgIpc) is 3.14. The van der Waals surface area contributed by atoms with E-state index in [-0.39, 0.29) is 0 Å². The van der Waals surface area contributed by atoms with Gasteiger partial charge < -0.3 is 9.73 Å². The van der Waals surface area contributed by atoms with E-state index in [1.807, 2.05) is 18.2 Å². The highest BCUT2D eigenvalue weighted by Crippen LogP contribution is 2.32.